The van der Waals surface area contributed by atoms with Crippen molar-refractivity contribution in [3.63, 3.8) is 0 Å². The molecule has 45 valence electrons. The van der Waals surface area contributed by atoms with E-state index in [1.54, 1.807) is 5.57 Å². The molecule has 0 saturated heterocycles. The van der Waals surface area contributed by atoms with Gasteiger partial charge >= 0.3 is 0 Å². The van der Waals surface area contributed by atoms with Crippen molar-refractivity contribution in [2.75, 3.05) is 0 Å². The molecule has 0 aromatic rings. The van der Waals surface area contributed by atoms with Crippen LogP contribution in [0.3, 0.4) is 0 Å². The summed E-state index contributed by atoms with van der Waals surface area (Å²) >= 11 is 0. The maximum Gasteiger partial charge on any atom is 0 e. The molecule has 0 nitrogen and oxygen atoms in total. The fourth-order valence-electron chi connectivity index (χ4n) is 0.998. The number of rotatable bonds is 2. The van der Waals surface area contributed by atoms with E-state index in [-0.39, 0.29) is 18.9 Å². The van der Waals surface area contributed by atoms with Crippen molar-refractivity contribution >= 4 is 18.9 Å². The van der Waals surface area contributed by atoms with Gasteiger partial charge in [0.15, 0.2) is 0 Å². The summed E-state index contributed by atoms with van der Waals surface area (Å²) in [6, 6.07) is 0. The molecule has 0 saturated carbocycles. The molecule has 0 spiro atoms. The third-order valence-electron chi connectivity index (χ3n) is 1.42. The largest absolute Gasteiger partial charge is 0.0805 e. The molecule has 0 atom stereocenters. The van der Waals surface area contributed by atoms with E-state index in [1.165, 1.54) is 19.3 Å². The molecule has 0 aromatic heterocycles. The number of hydrogen-bond acceptors (Lipinski definition) is 0. The first-order valence-corrected chi connectivity index (χ1v) is 3.28. The van der Waals surface area contributed by atoms with E-state index in [4.69, 9.17) is 0 Å². The van der Waals surface area contributed by atoms with Crippen LogP contribution >= 0.6 is 0 Å². The first-order chi connectivity index (χ1) is 3.93. The van der Waals surface area contributed by atoms with E-state index in [0.717, 1.165) is 0 Å². The molecule has 1 aliphatic carbocycles. The number of allylic oxidation sites excluding steroid dienone is 4. The van der Waals surface area contributed by atoms with E-state index >= 15 is 0 Å². The molecule has 0 fully saturated rings. The molecule has 0 amide bonds. The standard InChI is InChI=1S/C8H12.Li/c1-2-5-8-6-3-4-7-8;/h3-4,6H,2,5,7H2,1H3;. The SMILES string of the molecule is CCCC1=CC=CC1.[Li]. The average Bonchev–Trinajstić information content (AvgIpc) is 2.19. The maximum atomic E-state index is 2.23. The van der Waals surface area contributed by atoms with Gasteiger partial charge in [-0.2, -0.15) is 0 Å². The average molecular weight is 115 g/mol. The molecule has 0 aliphatic heterocycles. The van der Waals surface area contributed by atoms with Gasteiger partial charge < -0.3 is 0 Å². The van der Waals surface area contributed by atoms with Crippen LogP contribution < -0.4 is 0 Å². The molecule has 0 bridgehead atoms. The predicted molar refractivity (Wildman–Crippen MR) is 42.5 cm³/mol. The molecule has 9 heavy (non-hydrogen) atoms. The first kappa shape index (κ1) is 9.08. The topological polar surface area (TPSA) is 0 Å². The monoisotopic (exact) mass is 115 g/mol. The third-order valence-corrected chi connectivity index (χ3v) is 1.42. The third kappa shape index (κ3) is 2.94. The molecule has 0 N–H and O–H groups in total. The first-order valence-electron chi connectivity index (χ1n) is 3.28. The van der Waals surface area contributed by atoms with E-state index in [0.29, 0.717) is 0 Å². The van der Waals surface area contributed by atoms with E-state index in [2.05, 4.69) is 25.2 Å². The van der Waals surface area contributed by atoms with Crippen molar-refractivity contribution < 1.29 is 0 Å². The van der Waals surface area contributed by atoms with E-state index in [9.17, 15) is 0 Å². The smallest absolute Gasteiger partial charge is 0 e. The van der Waals surface area contributed by atoms with Crippen LogP contribution in [-0.4, -0.2) is 18.9 Å². The zero-order valence-electron chi connectivity index (χ0n) is 6.35. The Bertz CT molecular complexity index is 123. The van der Waals surface area contributed by atoms with Crippen molar-refractivity contribution in [1.82, 2.24) is 0 Å². The quantitative estimate of drug-likeness (QED) is 0.484. The van der Waals surface area contributed by atoms with Crippen molar-refractivity contribution in [2.45, 2.75) is 26.2 Å². The second-order valence-electron chi connectivity index (χ2n) is 2.21. The van der Waals surface area contributed by atoms with Gasteiger partial charge in [0.25, 0.3) is 0 Å². The van der Waals surface area contributed by atoms with Gasteiger partial charge in [-0.15, -0.1) is 0 Å². The summed E-state index contributed by atoms with van der Waals surface area (Å²) in [5, 5.41) is 0. The molecule has 1 rings (SSSR count). The van der Waals surface area contributed by atoms with Crippen molar-refractivity contribution in [1.29, 1.82) is 0 Å². The van der Waals surface area contributed by atoms with Gasteiger partial charge in [0.05, 0.1) is 0 Å². The normalized spacial score (nSPS) is 15.0. The molecule has 1 radical (unpaired) electrons. The molecule has 0 aromatic carbocycles. The van der Waals surface area contributed by atoms with Crippen molar-refractivity contribution in [3.05, 3.63) is 23.8 Å². The van der Waals surface area contributed by atoms with Gasteiger partial charge in [-0.1, -0.05) is 37.1 Å². The summed E-state index contributed by atoms with van der Waals surface area (Å²) in [5.41, 5.74) is 1.59. The zero-order valence-corrected chi connectivity index (χ0v) is 6.35. The minimum atomic E-state index is 0. The van der Waals surface area contributed by atoms with Gasteiger partial charge in [0.2, 0.25) is 0 Å². The minimum Gasteiger partial charge on any atom is -0.0805 e. The van der Waals surface area contributed by atoms with Gasteiger partial charge in [0.1, 0.15) is 0 Å². The maximum absolute atomic E-state index is 2.23. The van der Waals surface area contributed by atoms with Crippen LogP contribution in [0.2, 0.25) is 0 Å². The summed E-state index contributed by atoms with van der Waals surface area (Å²) < 4.78 is 0. The van der Waals surface area contributed by atoms with Gasteiger partial charge in [-0.05, 0) is 12.8 Å². The Morgan fingerprint density at radius 1 is 1.56 bits per heavy atom. The fraction of sp³-hybridized carbons (Fsp3) is 0.500. The summed E-state index contributed by atoms with van der Waals surface area (Å²) in [6.45, 7) is 2.22. The van der Waals surface area contributed by atoms with Crippen LogP contribution in [0.15, 0.2) is 23.8 Å². The zero-order chi connectivity index (χ0) is 5.82. The number of hydrogen-bond donors (Lipinski definition) is 0. The van der Waals surface area contributed by atoms with E-state index in [1.807, 2.05) is 0 Å². The Labute approximate surface area is 69.2 Å². The van der Waals surface area contributed by atoms with Crippen LogP contribution in [0.5, 0.6) is 0 Å². The summed E-state index contributed by atoms with van der Waals surface area (Å²) in [6.07, 6.45) is 10.4. The fourth-order valence-corrected chi connectivity index (χ4v) is 0.998. The van der Waals surface area contributed by atoms with Crippen LogP contribution in [0, 0.1) is 0 Å². The second-order valence-corrected chi connectivity index (χ2v) is 2.21. The molecule has 0 unspecified atom stereocenters. The minimum absolute atomic E-state index is 0. The Hall–Kier alpha value is 0.0774. The molecule has 1 heteroatoms. The Morgan fingerprint density at radius 2 is 2.33 bits per heavy atom. The van der Waals surface area contributed by atoms with Crippen LogP contribution in [0.25, 0.3) is 0 Å². The Morgan fingerprint density at radius 3 is 2.78 bits per heavy atom. The van der Waals surface area contributed by atoms with Gasteiger partial charge in [0, 0.05) is 18.9 Å². The van der Waals surface area contributed by atoms with Gasteiger partial charge in [-0.3, -0.25) is 0 Å². The molecule has 0 heterocycles. The van der Waals surface area contributed by atoms with Crippen LogP contribution in [-0.2, 0) is 0 Å². The molecular weight excluding hydrogens is 103 g/mol. The summed E-state index contributed by atoms with van der Waals surface area (Å²) in [7, 11) is 0. The Kier molecular flexibility index (Phi) is 4.95. The van der Waals surface area contributed by atoms with Crippen LogP contribution in [0.1, 0.15) is 26.2 Å². The van der Waals surface area contributed by atoms with Crippen molar-refractivity contribution in [3.8, 4) is 0 Å². The molecular formula is C8H12Li. The predicted octanol–water partition coefficient (Wildman–Crippen LogP) is 2.29. The Balaban J connectivity index is 0.000000640. The molecule has 1 aliphatic rings. The van der Waals surface area contributed by atoms with Crippen LogP contribution in [0.4, 0.5) is 0 Å². The van der Waals surface area contributed by atoms with E-state index < -0.39 is 0 Å². The summed E-state index contributed by atoms with van der Waals surface area (Å²) in [5.74, 6) is 0. The summed E-state index contributed by atoms with van der Waals surface area (Å²) in [4.78, 5) is 0. The van der Waals surface area contributed by atoms with Gasteiger partial charge in [-0.25, -0.2) is 0 Å². The second kappa shape index (κ2) is 4.91. The van der Waals surface area contributed by atoms with Crippen molar-refractivity contribution in [2.24, 2.45) is 0 Å².